The maximum absolute atomic E-state index is 11.4. The van der Waals surface area contributed by atoms with Crippen LogP contribution in [-0.4, -0.2) is 81.1 Å². The number of carboxylic acid groups (broad SMARTS) is 2. The first-order valence-electron chi connectivity index (χ1n) is 11.2. The zero-order chi connectivity index (χ0) is 26.9. The van der Waals surface area contributed by atoms with Crippen molar-refractivity contribution in [1.29, 1.82) is 0 Å². The predicted octanol–water partition coefficient (Wildman–Crippen LogP) is 2.25. The van der Waals surface area contributed by atoms with Gasteiger partial charge in [0.1, 0.15) is 23.3 Å². The van der Waals surface area contributed by atoms with Gasteiger partial charge in [-0.3, -0.25) is 0 Å². The molecule has 0 radical (unpaired) electrons. The van der Waals surface area contributed by atoms with Crippen LogP contribution in [-0.2, 0) is 19.1 Å². The number of aliphatic hydroxyl groups is 2. The van der Waals surface area contributed by atoms with Gasteiger partial charge in [-0.05, 0) is 80.1 Å². The molecule has 6 N–H and O–H groups in total. The monoisotopic (exact) mass is 494 g/mol. The van der Waals surface area contributed by atoms with E-state index < -0.39 is 47.4 Å². The van der Waals surface area contributed by atoms with Gasteiger partial charge in [-0.1, -0.05) is 0 Å². The summed E-state index contributed by atoms with van der Waals surface area (Å²) in [7, 11) is 0. The number of aliphatic hydroxyl groups excluding tert-OH is 2. The summed E-state index contributed by atoms with van der Waals surface area (Å²) in [5.41, 5.74) is -1.31. The average molecular weight is 495 g/mol. The number of carboxylic acids is 2. The first-order chi connectivity index (χ1) is 15.5. The zero-order valence-corrected chi connectivity index (χ0v) is 21.0. The molecule has 0 aliphatic rings. The molecule has 0 bridgehead atoms. The molecule has 200 valence electrons. The van der Waals surface area contributed by atoms with Crippen LogP contribution in [0.1, 0.15) is 80.1 Å². The Morgan fingerprint density at radius 1 is 0.647 bits per heavy atom. The molecule has 0 heterocycles. The lowest BCUT2D eigenvalue weighted by molar-refractivity contribution is -0.140. The lowest BCUT2D eigenvalue weighted by Crippen LogP contribution is -2.43. The second-order valence-corrected chi connectivity index (χ2v) is 9.51. The number of nitrogens with one attached hydrogen (secondary N) is 2. The van der Waals surface area contributed by atoms with E-state index in [2.05, 4.69) is 10.6 Å². The fraction of sp³-hybridized carbons (Fsp3) is 0.818. The predicted molar refractivity (Wildman–Crippen MR) is 123 cm³/mol. The molecule has 0 saturated heterocycles. The minimum atomic E-state index is -1.10. The number of amides is 2. The van der Waals surface area contributed by atoms with Gasteiger partial charge in [0, 0.05) is 13.2 Å². The first kappa shape index (κ1) is 33.6. The fourth-order valence-corrected chi connectivity index (χ4v) is 2.33. The summed E-state index contributed by atoms with van der Waals surface area (Å²) in [6.45, 7) is 10.2. The van der Waals surface area contributed by atoms with E-state index in [4.69, 9.17) is 29.9 Å². The van der Waals surface area contributed by atoms with Gasteiger partial charge in [0.15, 0.2) is 0 Å². The number of hydrogen-bond acceptors (Lipinski definition) is 8. The van der Waals surface area contributed by atoms with Gasteiger partial charge in [0.2, 0.25) is 0 Å². The third-order valence-electron chi connectivity index (χ3n) is 3.78. The molecular formula is C22H42N2O10. The largest absolute Gasteiger partial charge is 0.480 e. The van der Waals surface area contributed by atoms with Gasteiger partial charge < -0.3 is 40.5 Å². The van der Waals surface area contributed by atoms with E-state index in [1.54, 1.807) is 41.5 Å². The molecular weight excluding hydrogens is 452 g/mol. The van der Waals surface area contributed by atoms with E-state index in [9.17, 15) is 19.2 Å². The number of ether oxygens (including phenoxy) is 2. The second kappa shape index (κ2) is 16.9. The normalized spacial score (nSPS) is 12.9. The molecule has 0 aromatic heterocycles. The summed E-state index contributed by atoms with van der Waals surface area (Å²) in [4.78, 5) is 44.4. The van der Waals surface area contributed by atoms with E-state index in [0.29, 0.717) is 25.7 Å². The molecule has 0 aromatic rings. The fourth-order valence-electron chi connectivity index (χ4n) is 2.33. The highest BCUT2D eigenvalue weighted by atomic mass is 16.6. The van der Waals surface area contributed by atoms with Crippen molar-refractivity contribution in [3.8, 4) is 0 Å². The minimum Gasteiger partial charge on any atom is -0.480 e. The molecule has 0 rings (SSSR count). The van der Waals surface area contributed by atoms with Gasteiger partial charge in [-0.2, -0.15) is 0 Å². The summed E-state index contributed by atoms with van der Waals surface area (Å²) in [5, 5.41) is 39.5. The molecule has 0 saturated carbocycles. The number of carbonyl (C=O) groups is 4. The summed E-state index contributed by atoms with van der Waals surface area (Å²) < 4.78 is 9.92. The maximum Gasteiger partial charge on any atom is 0.408 e. The number of carbonyl (C=O) groups excluding carboxylic acids is 2. The van der Waals surface area contributed by atoms with Crippen molar-refractivity contribution >= 4 is 24.1 Å². The van der Waals surface area contributed by atoms with E-state index in [0.717, 1.165) is 0 Å². The molecule has 0 fully saturated rings. The van der Waals surface area contributed by atoms with Crippen molar-refractivity contribution in [2.24, 2.45) is 0 Å². The van der Waals surface area contributed by atoms with Crippen LogP contribution >= 0.6 is 0 Å². The van der Waals surface area contributed by atoms with Gasteiger partial charge in [-0.25, -0.2) is 19.2 Å². The molecule has 2 atom stereocenters. The second-order valence-electron chi connectivity index (χ2n) is 9.51. The highest BCUT2D eigenvalue weighted by Gasteiger charge is 2.24. The first-order valence-corrected chi connectivity index (χ1v) is 11.2. The van der Waals surface area contributed by atoms with Crippen molar-refractivity contribution in [1.82, 2.24) is 10.6 Å². The van der Waals surface area contributed by atoms with Gasteiger partial charge in [0.05, 0.1) is 0 Å². The molecule has 0 spiro atoms. The lowest BCUT2D eigenvalue weighted by Gasteiger charge is -2.21. The molecule has 12 nitrogen and oxygen atoms in total. The van der Waals surface area contributed by atoms with E-state index in [1.165, 1.54) is 0 Å². The minimum absolute atomic E-state index is 0.0127. The number of unbranched alkanes of at least 4 members (excludes halogenated alkanes) is 2. The topological polar surface area (TPSA) is 192 Å². The van der Waals surface area contributed by atoms with Crippen molar-refractivity contribution in [3.05, 3.63) is 0 Å². The van der Waals surface area contributed by atoms with Gasteiger partial charge in [0.25, 0.3) is 0 Å². The number of alkyl carbamates (subject to hydrolysis) is 2. The SMILES string of the molecule is CC(C)(C)OC(=O)N[C@@H](CCCCO)C(=O)O.CC(C)(C)OC(=O)N[C@@H](CCCCO)C(=O)O. The molecule has 34 heavy (non-hydrogen) atoms. The Labute approximate surface area is 201 Å². The zero-order valence-electron chi connectivity index (χ0n) is 21.0. The van der Waals surface area contributed by atoms with E-state index in [1.807, 2.05) is 0 Å². The van der Waals surface area contributed by atoms with Crippen LogP contribution < -0.4 is 10.6 Å². The van der Waals surface area contributed by atoms with Gasteiger partial charge in [-0.15, -0.1) is 0 Å². The van der Waals surface area contributed by atoms with Crippen LogP contribution in [0.5, 0.6) is 0 Å². The molecule has 2 amide bonds. The van der Waals surface area contributed by atoms with Crippen LogP contribution in [0.2, 0.25) is 0 Å². The third kappa shape index (κ3) is 21.3. The van der Waals surface area contributed by atoms with Crippen LogP contribution in [0.4, 0.5) is 9.59 Å². The van der Waals surface area contributed by atoms with Crippen LogP contribution in [0.25, 0.3) is 0 Å². The summed E-state index contributed by atoms with van der Waals surface area (Å²) in [6, 6.07) is -1.95. The number of hydrogen-bond donors (Lipinski definition) is 6. The van der Waals surface area contributed by atoms with Crippen molar-refractivity contribution in [3.63, 3.8) is 0 Å². The molecule has 0 aliphatic heterocycles. The standard InChI is InChI=1S/2C11H21NO5/c2*1-11(2,3)17-10(16)12-8(9(14)15)6-4-5-7-13/h2*8,13H,4-7H2,1-3H3,(H,12,16)(H,14,15)/t2*8-/m00/s1. The highest BCUT2D eigenvalue weighted by Crippen LogP contribution is 2.09. The Hall–Kier alpha value is -2.60. The molecule has 12 heteroatoms. The average Bonchev–Trinajstić information content (AvgIpc) is 2.64. The molecule has 0 aromatic carbocycles. The summed E-state index contributed by atoms with van der Waals surface area (Å²) >= 11 is 0. The Kier molecular flexibility index (Phi) is 16.7. The van der Waals surface area contributed by atoms with Crippen molar-refractivity contribution in [2.75, 3.05) is 13.2 Å². The Morgan fingerprint density at radius 3 is 1.15 bits per heavy atom. The van der Waals surface area contributed by atoms with Crippen LogP contribution in [0.3, 0.4) is 0 Å². The van der Waals surface area contributed by atoms with E-state index >= 15 is 0 Å². The molecule has 0 unspecified atom stereocenters. The number of rotatable bonds is 12. The highest BCUT2D eigenvalue weighted by molar-refractivity contribution is 5.80. The lowest BCUT2D eigenvalue weighted by atomic mass is 10.1. The Morgan fingerprint density at radius 2 is 0.941 bits per heavy atom. The Balaban J connectivity index is 0. The number of aliphatic carboxylic acids is 2. The van der Waals surface area contributed by atoms with Gasteiger partial charge >= 0.3 is 24.1 Å². The maximum atomic E-state index is 11.4. The summed E-state index contributed by atoms with van der Waals surface area (Å²) in [5.74, 6) is -2.21. The van der Waals surface area contributed by atoms with Crippen molar-refractivity contribution in [2.45, 2.75) is 103 Å². The van der Waals surface area contributed by atoms with Crippen LogP contribution in [0.15, 0.2) is 0 Å². The quantitative estimate of drug-likeness (QED) is 0.219. The Bertz CT molecular complexity index is 572. The van der Waals surface area contributed by atoms with Crippen LogP contribution in [0, 0.1) is 0 Å². The molecule has 0 aliphatic carbocycles. The van der Waals surface area contributed by atoms with E-state index in [-0.39, 0.29) is 26.1 Å². The summed E-state index contributed by atoms with van der Waals surface area (Å²) in [6.07, 6.45) is 1.15. The third-order valence-corrected chi connectivity index (χ3v) is 3.78. The van der Waals surface area contributed by atoms with Crippen molar-refractivity contribution < 1.29 is 49.1 Å². The smallest absolute Gasteiger partial charge is 0.408 e.